The quantitative estimate of drug-likeness (QED) is 0.884. The largest absolute Gasteiger partial charge is 0.327 e. The molecule has 22 heavy (non-hydrogen) atoms. The van der Waals surface area contributed by atoms with Crippen LogP contribution in [0.25, 0.3) is 0 Å². The summed E-state index contributed by atoms with van der Waals surface area (Å²) in [6, 6.07) is 4.97. The van der Waals surface area contributed by atoms with E-state index in [-0.39, 0.29) is 23.4 Å². The number of amides is 1. The minimum Gasteiger partial charge on any atom is -0.327 e. The Morgan fingerprint density at radius 2 is 2.14 bits per heavy atom. The zero-order valence-corrected chi connectivity index (χ0v) is 14.7. The second kappa shape index (κ2) is 6.75. The van der Waals surface area contributed by atoms with Crippen LogP contribution in [0.3, 0.4) is 0 Å². The summed E-state index contributed by atoms with van der Waals surface area (Å²) in [6.07, 6.45) is 0.895. The van der Waals surface area contributed by atoms with E-state index < -0.39 is 0 Å². The normalized spacial score (nSPS) is 23.1. The van der Waals surface area contributed by atoms with Crippen LogP contribution in [0.1, 0.15) is 27.2 Å². The van der Waals surface area contributed by atoms with E-state index >= 15 is 0 Å². The topological polar surface area (TPSA) is 58.4 Å². The smallest absolute Gasteiger partial charge is 0.241 e. The van der Waals surface area contributed by atoms with Gasteiger partial charge in [-0.1, -0.05) is 37.0 Å². The molecule has 6 heteroatoms. The molecule has 1 heterocycles. The summed E-state index contributed by atoms with van der Waals surface area (Å²) in [4.78, 5) is 14.6. The average Bonchev–Trinajstić information content (AvgIpc) is 2.44. The second-order valence-electron chi connectivity index (χ2n) is 6.64. The number of piperidine rings is 1. The summed E-state index contributed by atoms with van der Waals surface area (Å²) >= 11 is 12.0. The molecule has 1 aromatic carbocycles. The third-order valence-electron chi connectivity index (χ3n) is 4.46. The van der Waals surface area contributed by atoms with Crippen LogP contribution in [0, 0.1) is 5.41 Å². The zero-order valence-electron chi connectivity index (χ0n) is 13.2. The van der Waals surface area contributed by atoms with Gasteiger partial charge in [-0.05, 0) is 37.0 Å². The van der Waals surface area contributed by atoms with Gasteiger partial charge in [-0.15, -0.1) is 0 Å². The molecule has 0 spiro atoms. The van der Waals surface area contributed by atoms with Crippen molar-refractivity contribution >= 4 is 34.8 Å². The molecule has 1 fully saturated rings. The summed E-state index contributed by atoms with van der Waals surface area (Å²) < 4.78 is 0. The Kier molecular flexibility index (Phi) is 5.38. The van der Waals surface area contributed by atoms with E-state index in [0.29, 0.717) is 15.7 Å². The van der Waals surface area contributed by atoms with Crippen LogP contribution in [0.4, 0.5) is 5.69 Å². The number of anilines is 1. The maximum Gasteiger partial charge on any atom is 0.241 e. The Hall–Kier alpha value is -0.810. The van der Waals surface area contributed by atoms with Crippen LogP contribution in [-0.4, -0.2) is 36.0 Å². The second-order valence-corrected chi connectivity index (χ2v) is 7.49. The van der Waals surface area contributed by atoms with Gasteiger partial charge >= 0.3 is 0 Å². The fraction of sp³-hybridized carbons (Fsp3) is 0.562. The van der Waals surface area contributed by atoms with E-state index in [4.69, 9.17) is 28.9 Å². The minimum atomic E-state index is -0.237. The van der Waals surface area contributed by atoms with Crippen molar-refractivity contribution in [2.24, 2.45) is 11.1 Å². The first kappa shape index (κ1) is 17.5. The molecule has 2 rings (SSSR count). The lowest BCUT2D eigenvalue weighted by atomic mass is 9.79. The molecule has 1 saturated heterocycles. The first-order valence-electron chi connectivity index (χ1n) is 7.46. The number of rotatable bonds is 3. The number of nitrogens with zero attached hydrogens (tertiary/aromatic N) is 1. The lowest BCUT2D eigenvalue weighted by molar-refractivity contribution is -0.122. The van der Waals surface area contributed by atoms with Crippen molar-refractivity contribution < 1.29 is 4.79 Å². The van der Waals surface area contributed by atoms with Crippen molar-refractivity contribution in [1.29, 1.82) is 0 Å². The molecule has 0 radical (unpaired) electrons. The highest BCUT2D eigenvalue weighted by atomic mass is 35.5. The van der Waals surface area contributed by atoms with Crippen LogP contribution in [0.2, 0.25) is 10.0 Å². The van der Waals surface area contributed by atoms with E-state index in [1.807, 2.05) is 6.92 Å². The van der Waals surface area contributed by atoms with Gasteiger partial charge in [0.05, 0.1) is 16.8 Å². The number of likely N-dealkylation sites (tertiary alicyclic amines) is 1. The molecule has 122 valence electrons. The summed E-state index contributed by atoms with van der Waals surface area (Å²) in [6.45, 7) is 7.83. The third-order valence-corrected chi connectivity index (χ3v) is 5.01. The van der Waals surface area contributed by atoms with Crippen LogP contribution in [0.5, 0.6) is 0 Å². The van der Waals surface area contributed by atoms with Gasteiger partial charge < -0.3 is 11.1 Å². The first-order valence-corrected chi connectivity index (χ1v) is 8.22. The number of nitrogens with one attached hydrogen (secondary N) is 1. The molecular formula is C16H23Cl2N3O. The van der Waals surface area contributed by atoms with Crippen molar-refractivity contribution in [3.63, 3.8) is 0 Å². The SMILES string of the molecule is CC(C(=O)Nc1ccc(Cl)cc1Cl)N1CCC(N)C(C)(C)C1. The number of hydrogen-bond acceptors (Lipinski definition) is 3. The third kappa shape index (κ3) is 3.93. The fourth-order valence-corrected chi connectivity index (χ4v) is 3.20. The van der Waals surface area contributed by atoms with Crippen LogP contribution >= 0.6 is 23.2 Å². The predicted molar refractivity (Wildman–Crippen MR) is 92.5 cm³/mol. The van der Waals surface area contributed by atoms with Gasteiger partial charge in [0.1, 0.15) is 0 Å². The molecule has 3 N–H and O–H groups in total. The Balaban J connectivity index is 2.03. The lowest BCUT2D eigenvalue weighted by Gasteiger charge is -2.44. The van der Waals surface area contributed by atoms with Crippen molar-refractivity contribution in [3.8, 4) is 0 Å². The number of hydrogen-bond donors (Lipinski definition) is 2. The highest BCUT2D eigenvalue weighted by Gasteiger charge is 2.36. The predicted octanol–water partition coefficient (Wildman–Crippen LogP) is 3.38. The maximum absolute atomic E-state index is 12.5. The Morgan fingerprint density at radius 3 is 2.73 bits per heavy atom. The highest BCUT2D eigenvalue weighted by molar-refractivity contribution is 6.36. The Labute approximate surface area is 141 Å². The van der Waals surface area contributed by atoms with E-state index in [1.54, 1.807) is 18.2 Å². The molecule has 1 amide bonds. The van der Waals surface area contributed by atoms with Crippen LogP contribution in [0.15, 0.2) is 18.2 Å². The number of carbonyl (C=O) groups is 1. The van der Waals surface area contributed by atoms with Crippen molar-refractivity contribution in [2.75, 3.05) is 18.4 Å². The molecule has 2 unspecified atom stereocenters. The van der Waals surface area contributed by atoms with Gasteiger partial charge in [0.25, 0.3) is 0 Å². The summed E-state index contributed by atoms with van der Waals surface area (Å²) in [7, 11) is 0. The molecule has 0 aromatic heterocycles. The summed E-state index contributed by atoms with van der Waals surface area (Å²) in [5.41, 5.74) is 6.74. The molecule has 0 bridgehead atoms. The molecule has 1 aliphatic rings. The Bertz CT molecular complexity index is 562. The zero-order chi connectivity index (χ0) is 16.5. The number of carbonyl (C=O) groups excluding carboxylic acids is 1. The van der Waals surface area contributed by atoms with Crippen LogP contribution in [-0.2, 0) is 4.79 Å². The first-order chi connectivity index (χ1) is 10.2. The van der Waals surface area contributed by atoms with Crippen molar-refractivity contribution in [1.82, 2.24) is 4.90 Å². The number of halogens is 2. The van der Waals surface area contributed by atoms with Crippen molar-refractivity contribution in [3.05, 3.63) is 28.2 Å². The van der Waals surface area contributed by atoms with Gasteiger partial charge in [-0.25, -0.2) is 0 Å². The molecule has 4 nitrogen and oxygen atoms in total. The van der Waals surface area contributed by atoms with E-state index in [0.717, 1.165) is 19.5 Å². The molecule has 2 atom stereocenters. The molecule has 1 aromatic rings. The highest BCUT2D eigenvalue weighted by Crippen LogP contribution is 2.30. The van der Waals surface area contributed by atoms with Gasteiger partial charge in [0.15, 0.2) is 0 Å². The lowest BCUT2D eigenvalue weighted by Crippen LogP contribution is -2.56. The minimum absolute atomic E-state index is 0.00467. The molecule has 0 aliphatic carbocycles. The van der Waals surface area contributed by atoms with Gasteiger partial charge in [-0.2, -0.15) is 0 Å². The average molecular weight is 344 g/mol. The van der Waals surface area contributed by atoms with Crippen LogP contribution < -0.4 is 11.1 Å². The molecule has 1 aliphatic heterocycles. The Morgan fingerprint density at radius 1 is 1.45 bits per heavy atom. The number of nitrogens with two attached hydrogens (primary N) is 1. The summed E-state index contributed by atoms with van der Waals surface area (Å²) in [5.74, 6) is -0.0736. The standard InChI is InChI=1S/C16H23Cl2N3O/c1-10(21-7-6-14(19)16(2,3)9-21)15(22)20-13-5-4-11(17)8-12(13)18/h4-5,8,10,14H,6-7,9,19H2,1-3H3,(H,20,22). The fourth-order valence-electron chi connectivity index (χ4n) is 2.74. The van der Waals surface area contributed by atoms with Gasteiger partial charge in [0.2, 0.25) is 5.91 Å². The summed E-state index contributed by atoms with van der Waals surface area (Å²) in [5, 5.41) is 3.85. The molecule has 0 saturated carbocycles. The monoisotopic (exact) mass is 343 g/mol. The molecular weight excluding hydrogens is 321 g/mol. The number of benzene rings is 1. The van der Waals surface area contributed by atoms with E-state index in [2.05, 4.69) is 24.1 Å². The van der Waals surface area contributed by atoms with Gasteiger partial charge in [-0.3, -0.25) is 9.69 Å². The van der Waals surface area contributed by atoms with Crippen molar-refractivity contribution in [2.45, 2.75) is 39.3 Å². The van der Waals surface area contributed by atoms with Gasteiger partial charge in [0, 0.05) is 24.2 Å². The van der Waals surface area contributed by atoms with E-state index in [9.17, 15) is 4.79 Å². The maximum atomic E-state index is 12.5. The van der Waals surface area contributed by atoms with E-state index in [1.165, 1.54) is 0 Å².